The molecule has 1 unspecified atom stereocenters. The lowest BCUT2D eigenvalue weighted by atomic mass is 10.0. The van der Waals surface area contributed by atoms with E-state index in [1.54, 1.807) is 24.3 Å². The van der Waals surface area contributed by atoms with E-state index in [2.05, 4.69) is 37.8 Å². The number of hydrogen-bond donors (Lipinski definition) is 1. The van der Waals surface area contributed by atoms with Crippen LogP contribution in [-0.4, -0.2) is 26.0 Å². The topological polar surface area (TPSA) is 43.4 Å². The van der Waals surface area contributed by atoms with Gasteiger partial charge in [0.2, 0.25) is 0 Å². The van der Waals surface area contributed by atoms with Gasteiger partial charge in [0.1, 0.15) is 5.75 Å². The van der Waals surface area contributed by atoms with E-state index in [1.807, 2.05) is 0 Å². The molecule has 0 radical (unpaired) electrons. The van der Waals surface area contributed by atoms with Gasteiger partial charge in [-0.15, -0.1) is 0 Å². The molecule has 0 N–H and O–H groups in total. The van der Waals surface area contributed by atoms with Crippen LogP contribution in [0.4, 0.5) is 0 Å². The highest BCUT2D eigenvalue weighted by atomic mass is 32.2. The summed E-state index contributed by atoms with van der Waals surface area (Å²) in [5, 5.41) is -0.439. The zero-order valence-electron chi connectivity index (χ0n) is 14.9. The van der Waals surface area contributed by atoms with Gasteiger partial charge in [0, 0.05) is 0 Å². The Kier molecular flexibility index (Phi) is 8.10. The van der Waals surface area contributed by atoms with Gasteiger partial charge in [-0.05, 0) is 62.1 Å². The van der Waals surface area contributed by atoms with Crippen molar-refractivity contribution in [2.45, 2.75) is 55.6 Å². The Morgan fingerprint density at radius 3 is 2.56 bits per heavy atom. The molecule has 0 saturated carbocycles. The first-order valence-electron chi connectivity index (χ1n) is 9.01. The fourth-order valence-electron chi connectivity index (χ4n) is 2.85. The lowest BCUT2D eigenvalue weighted by Crippen LogP contribution is -2.23. The van der Waals surface area contributed by atoms with E-state index in [1.165, 1.54) is 0 Å². The van der Waals surface area contributed by atoms with Gasteiger partial charge in [0.05, 0.1) is 16.8 Å². The fraction of sp³-hybridized carbons (Fsp3) is 0.500. The van der Waals surface area contributed by atoms with E-state index >= 15 is 0 Å². The molecule has 3 nitrogen and oxygen atoms in total. The van der Waals surface area contributed by atoms with Crippen molar-refractivity contribution >= 4 is 22.5 Å². The van der Waals surface area contributed by atoms with E-state index in [4.69, 9.17) is 4.74 Å². The zero-order valence-corrected chi connectivity index (χ0v) is 16.6. The molecule has 25 heavy (non-hydrogen) atoms. The molecule has 0 heterocycles. The minimum atomic E-state index is -3.38. The lowest BCUT2D eigenvalue weighted by molar-refractivity contribution is 0.309. The van der Waals surface area contributed by atoms with Gasteiger partial charge in [0.15, 0.2) is 9.84 Å². The molecule has 0 bridgehead atoms. The number of sulfone groups is 1. The highest BCUT2D eigenvalue weighted by Crippen LogP contribution is 2.27. The van der Waals surface area contributed by atoms with Crippen molar-refractivity contribution in [1.82, 2.24) is 0 Å². The van der Waals surface area contributed by atoms with Gasteiger partial charge in [-0.3, -0.25) is 0 Å². The predicted octanol–water partition coefficient (Wildman–Crippen LogP) is 4.99. The van der Waals surface area contributed by atoms with Crippen LogP contribution < -0.4 is 4.74 Å². The van der Waals surface area contributed by atoms with Gasteiger partial charge in [-0.2, -0.15) is 12.6 Å². The zero-order chi connectivity index (χ0) is 18.1. The smallest absolute Gasteiger partial charge is 0.181 e. The summed E-state index contributed by atoms with van der Waals surface area (Å²) in [4.78, 5) is 0.363. The number of ether oxygens (including phenoxy) is 1. The highest BCUT2D eigenvalue weighted by Gasteiger charge is 2.27. The Balaban J connectivity index is 2.12. The van der Waals surface area contributed by atoms with Crippen molar-refractivity contribution in [3.63, 3.8) is 0 Å². The summed E-state index contributed by atoms with van der Waals surface area (Å²) in [6, 6.07) is 6.82. The summed E-state index contributed by atoms with van der Waals surface area (Å²) in [6.45, 7) is 2.77. The molecule has 1 aliphatic carbocycles. The molecule has 138 valence electrons. The maximum absolute atomic E-state index is 13.0. The van der Waals surface area contributed by atoms with Crippen LogP contribution in [0.2, 0.25) is 0 Å². The first kappa shape index (κ1) is 20.1. The molecule has 0 spiro atoms. The monoisotopic (exact) mass is 380 g/mol. The quantitative estimate of drug-likeness (QED) is 0.459. The van der Waals surface area contributed by atoms with E-state index in [0.717, 1.165) is 37.0 Å². The third-order valence-corrected chi connectivity index (χ3v) is 6.81. The third kappa shape index (κ3) is 5.93. The van der Waals surface area contributed by atoms with Crippen LogP contribution in [0.1, 0.15) is 45.4 Å². The summed E-state index contributed by atoms with van der Waals surface area (Å²) in [5.41, 5.74) is 1.11. The molecule has 1 aliphatic rings. The molecular weight excluding hydrogens is 352 g/mol. The SMILES string of the molecule is CCCCOc1ccc(S(=O)(=O)C(CCS)CC2=CCCC=C2)cc1. The second-order valence-electron chi connectivity index (χ2n) is 6.32. The molecule has 0 saturated heterocycles. The Morgan fingerprint density at radius 2 is 1.96 bits per heavy atom. The molecule has 1 aromatic carbocycles. The summed E-state index contributed by atoms with van der Waals surface area (Å²) in [6.07, 6.45) is 11.5. The summed E-state index contributed by atoms with van der Waals surface area (Å²) in [7, 11) is -3.38. The summed E-state index contributed by atoms with van der Waals surface area (Å²) < 4.78 is 31.7. The van der Waals surface area contributed by atoms with Crippen LogP contribution in [0.15, 0.2) is 53.0 Å². The van der Waals surface area contributed by atoms with E-state index < -0.39 is 15.1 Å². The van der Waals surface area contributed by atoms with Crippen LogP contribution in [0, 0.1) is 0 Å². The van der Waals surface area contributed by atoms with Crippen molar-refractivity contribution in [1.29, 1.82) is 0 Å². The minimum absolute atomic E-state index is 0.363. The molecule has 0 fully saturated rings. The minimum Gasteiger partial charge on any atom is -0.494 e. The Bertz CT molecular complexity index is 688. The van der Waals surface area contributed by atoms with Gasteiger partial charge >= 0.3 is 0 Å². The molecule has 1 atom stereocenters. The Labute approximate surface area is 157 Å². The van der Waals surface area contributed by atoms with Crippen LogP contribution in [0.25, 0.3) is 0 Å². The first-order chi connectivity index (χ1) is 12.1. The summed E-state index contributed by atoms with van der Waals surface area (Å²) in [5.74, 6) is 1.27. The normalized spacial score (nSPS) is 15.7. The molecule has 0 amide bonds. The largest absolute Gasteiger partial charge is 0.494 e. The van der Waals surface area contributed by atoms with Crippen LogP contribution in [-0.2, 0) is 9.84 Å². The average Bonchev–Trinajstić information content (AvgIpc) is 2.63. The van der Waals surface area contributed by atoms with Crippen molar-refractivity contribution in [3.8, 4) is 5.75 Å². The first-order valence-corrected chi connectivity index (χ1v) is 11.2. The number of benzene rings is 1. The maximum atomic E-state index is 13.0. The second kappa shape index (κ2) is 10.1. The van der Waals surface area contributed by atoms with E-state index in [0.29, 0.717) is 30.1 Å². The van der Waals surface area contributed by atoms with Crippen molar-refractivity contribution in [2.75, 3.05) is 12.4 Å². The lowest BCUT2D eigenvalue weighted by Gasteiger charge is -2.19. The van der Waals surface area contributed by atoms with Gasteiger partial charge in [-0.25, -0.2) is 8.42 Å². The van der Waals surface area contributed by atoms with Crippen molar-refractivity contribution in [2.24, 2.45) is 0 Å². The van der Waals surface area contributed by atoms with Gasteiger partial charge in [-0.1, -0.05) is 37.1 Å². The molecule has 5 heteroatoms. The molecule has 0 aromatic heterocycles. The Hall–Kier alpha value is -1.20. The van der Waals surface area contributed by atoms with Crippen molar-refractivity contribution in [3.05, 3.63) is 48.1 Å². The van der Waals surface area contributed by atoms with Crippen molar-refractivity contribution < 1.29 is 13.2 Å². The van der Waals surface area contributed by atoms with Crippen LogP contribution >= 0.6 is 12.6 Å². The molecule has 1 aromatic rings. The second-order valence-corrected chi connectivity index (χ2v) is 8.99. The summed E-state index contributed by atoms with van der Waals surface area (Å²) >= 11 is 4.26. The number of allylic oxidation sites excluding steroid dienone is 4. The number of hydrogen-bond acceptors (Lipinski definition) is 4. The van der Waals surface area contributed by atoms with Gasteiger partial charge in [0.25, 0.3) is 0 Å². The Morgan fingerprint density at radius 1 is 1.20 bits per heavy atom. The number of rotatable bonds is 10. The van der Waals surface area contributed by atoms with Gasteiger partial charge < -0.3 is 4.74 Å². The van der Waals surface area contributed by atoms with Crippen LogP contribution in [0.3, 0.4) is 0 Å². The molecular formula is C20H28O3S2. The van der Waals surface area contributed by atoms with E-state index in [-0.39, 0.29) is 0 Å². The standard InChI is InChI=1S/C20H28O3S2/c1-2-3-14-23-18-9-11-19(12-10-18)25(21,22)20(13-15-24)16-17-7-5-4-6-8-17/h5,7-12,20,24H,2-4,6,13-16H2,1H3. The molecule has 0 aliphatic heterocycles. The maximum Gasteiger partial charge on any atom is 0.181 e. The number of thiol groups is 1. The average molecular weight is 381 g/mol. The number of unbranched alkanes of at least 4 members (excludes halogenated alkanes) is 1. The third-order valence-electron chi connectivity index (χ3n) is 4.34. The van der Waals surface area contributed by atoms with E-state index in [9.17, 15) is 8.42 Å². The highest BCUT2D eigenvalue weighted by molar-refractivity contribution is 7.92. The molecule has 2 rings (SSSR count). The fourth-order valence-corrected chi connectivity index (χ4v) is 5.07. The predicted molar refractivity (Wildman–Crippen MR) is 107 cm³/mol. The van der Waals surface area contributed by atoms with Crippen LogP contribution in [0.5, 0.6) is 5.75 Å².